The Morgan fingerprint density at radius 3 is 2.56 bits per heavy atom. The summed E-state index contributed by atoms with van der Waals surface area (Å²) in [5, 5.41) is 10.3. The molecule has 0 aliphatic carbocycles. The number of amides is 1. The molecule has 0 saturated carbocycles. The Hall–Kier alpha value is -1.36. The minimum Gasteiger partial charge on any atom is -0.355 e. The standard InChI is InChI=1S/C13H24N4O/c1-9(13(18)15-7-6-14-4)8-12-10(2)16-17(5)11(12)3/h9,14H,6-8H2,1-5H3,(H,15,18). The highest BCUT2D eigenvalue weighted by molar-refractivity contribution is 5.78. The molecule has 0 fully saturated rings. The molecular formula is C13H24N4O. The first-order chi connectivity index (χ1) is 8.47. The van der Waals surface area contributed by atoms with Gasteiger partial charge in [0.1, 0.15) is 0 Å². The van der Waals surface area contributed by atoms with Crippen molar-refractivity contribution < 1.29 is 4.79 Å². The highest BCUT2D eigenvalue weighted by Crippen LogP contribution is 2.16. The molecule has 1 unspecified atom stereocenters. The predicted octanol–water partition coefficient (Wildman–Crippen LogP) is 0.551. The molecule has 0 aliphatic heterocycles. The van der Waals surface area contributed by atoms with Crippen molar-refractivity contribution in [2.24, 2.45) is 13.0 Å². The van der Waals surface area contributed by atoms with Gasteiger partial charge in [0.2, 0.25) is 5.91 Å². The van der Waals surface area contributed by atoms with E-state index in [0.29, 0.717) is 6.54 Å². The lowest BCUT2D eigenvalue weighted by molar-refractivity contribution is -0.124. The van der Waals surface area contributed by atoms with Crippen LogP contribution in [0.3, 0.4) is 0 Å². The first kappa shape index (κ1) is 14.7. The van der Waals surface area contributed by atoms with Gasteiger partial charge in [0.25, 0.3) is 0 Å². The maximum absolute atomic E-state index is 11.9. The van der Waals surface area contributed by atoms with E-state index in [4.69, 9.17) is 0 Å². The van der Waals surface area contributed by atoms with Crippen LogP contribution in [0.5, 0.6) is 0 Å². The second kappa shape index (κ2) is 6.54. The number of aromatic nitrogens is 2. The van der Waals surface area contributed by atoms with E-state index >= 15 is 0 Å². The molecule has 5 nitrogen and oxygen atoms in total. The Balaban J connectivity index is 2.58. The minimum absolute atomic E-state index is 0.0246. The van der Waals surface area contributed by atoms with Gasteiger partial charge in [-0.15, -0.1) is 0 Å². The van der Waals surface area contributed by atoms with Gasteiger partial charge in [-0.05, 0) is 32.9 Å². The van der Waals surface area contributed by atoms with Gasteiger partial charge in [-0.25, -0.2) is 0 Å². The van der Waals surface area contributed by atoms with Crippen LogP contribution in [0.25, 0.3) is 0 Å². The molecule has 1 aromatic rings. The summed E-state index contributed by atoms with van der Waals surface area (Å²) in [4.78, 5) is 11.9. The lowest BCUT2D eigenvalue weighted by Gasteiger charge is -2.12. The fourth-order valence-electron chi connectivity index (χ4n) is 2.00. The highest BCUT2D eigenvalue weighted by atomic mass is 16.1. The van der Waals surface area contributed by atoms with Gasteiger partial charge in [0.05, 0.1) is 5.69 Å². The lowest BCUT2D eigenvalue weighted by Crippen LogP contribution is -2.34. The van der Waals surface area contributed by atoms with Crippen LogP contribution >= 0.6 is 0 Å². The first-order valence-electron chi connectivity index (χ1n) is 6.38. The van der Waals surface area contributed by atoms with E-state index in [1.54, 1.807) is 0 Å². The number of nitrogens with one attached hydrogen (secondary N) is 2. The van der Waals surface area contributed by atoms with Crippen molar-refractivity contribution in [3.8, 4) is 0 Å². The molecule has 1 atom stereocenters. The molecule has 0 bridgehead atoms. The topological polar surface area (TPSA) is 58.9 Å². The number of hydrogen-bond donors (Lipinski definition) is 2. The lowest BCUT2D eigenvalue weighted by atomic mass is 9.99. The third-order valence-corrected chi connectivity index (χ3v) is 3.29. The molecule has 0 radical (unpaired) electrons. The van der Waals surface area contributed by atoms with Crippen LogP contribution in [-0.4, -0.2) is 35.8 Å². The molecule has 1 heterocycles. The number of nitrogens with zero attached hydrogens (tertiary/aromatic N) is 2. The average Bonchev–Trinajstić information content (AvgIpc) is 2.56. The van der Waals surface area contributed by atoms with Crippen LogP contribution in [0, 0.1) is 19.8 Å². The SMILES string of the molecule is CNCCNC(=O)C(C)Cc1c(C)nn(C)c1C. The van der Waals surface area contributed by atoms with Crippen molar-refractivity contribution in [3.05, 3.63) is 17.0 Å². The maximum Gasteiger partial charge on any atom is 0.223 e. The van der Waals surface area contributed by atoms with E-state index in [0.717, 1.165) is 24.4 Å². The van der Waals surface area contributed by atoms with Crippen molar-refractivity contribution in [2.45, 2.75) is 27.2 Å². The van der Waals surface area contributed by atoms with E-state index in [2.05, 4.69) is 15.7 Å². The third-order valence-electron chi connectivity index (χ3n) is 3.29. The zero-order valence-electron chi connectivity index (χ0n) is 12.0. The van der Waals surface area contributed by atoms with E-state index in [-0.39, 0.29) is 11.8 Å². The number of carbonyl (C=O) groups is 1. The molecule has 1 amide bonds. The molecule has 1 rings (SSSR count). The molecule has 0 saturated heterocycles. The van der Waals surface area contributed by atoms with Crippen molar-refractivity contribution in [1.29, 1.82) is 0 Å². The number of hydrogen-bond acceptors (Lipinski definition) is 3. The van der Waals surface area contributed by atoms with Crippen LogP contribution in [0.2, 0.25) is 0 Å². The van der Waals surface area contributed by atoms with Gasteiger partial charge >= 0.3 is 0 Å². The normalized spacial score (nSPS) is 12.5. The summed E-state index contributed by atoms with van der Waals surface area (Å²) in [6, 6.07) is 0. The molecule has 102 valence electrons. The first-order valence-corrected chi connectivity index (χ1v) is 6.38. The Morgan fingerprint density at radius 1 is 1.39 bits per heavy atom. The van der Waals surface area contributed by atoms with Crippen LogP contribution in [-0.2, 0) is 18.3 Å². The summed E-state index contributed by atoms with van der Waals surface area (Å²) in [5.74, 6) is 0.0800. The molecular weight excluding hydrogens is 228 g/mol. The fraction of sp³-hybridized carbons (Fsp3) is 0.692. The quantitative estimate of drug-likeness (QED) is 0.727. The van der Waals surface area contributed by atoms with Crippen LogP contribution in [0.1, 0.15) is 23.9 Å². The van der Waals surface area contributed by atoms with Gasteiger partial charge in [-0.1, -0.05) is 6.92 Å². The van der Waals surface area contributed by atoms with E-state index in [1.807, 2.05) is 39.5 Å². The van der Waals surface area contributed by atoms with Crippen LogP contribution in [0.15, 0.2) is 0 Å². The molecule has 5 heteroatoms. The maximum atomic E-state index is 11.9. The summed E-state index contributed by atoms with van der Waals surface area (Å²) < 4.78 is 1.87. The summed E-state index contributed by atoms with van der Waals surface area (Å²) >= 11 is 0. The summed E-state index contributed by atoms with van der Waals surface area (Å²) in [5.41, 5.74) is 3.35. The van der Waals surface area contributed by atoms with E-state index in [1.165, 1.54) is 5.56 Å². The van der Waals surface area contributed by atoms with Crippen molar-refractivity contribution in [1.82, 2.24) is 20.4 Å². The van der Waals surface area contributed by atoms with Crippen molar-refractivity contribution >= 4 is 5.91 Å². The number of rotatable bonds is 6. The fourth-order valence-corrected chi connectivity index (χ4v) is 2.00. The monoisotopic (exact) mass is 252 g/mol. The molecule has 0 aromatic carbocycles. The van der Waals surface area contributed by atoms with Gasteiger partial charge in [0, 0.05) is 31.7 Å². The van der Waals surface area contributed by atoms with Gasteiger partial charge in [-0.2, -0.15) is 5.10 Å². The van der Waals surface area contributed by atoms with Crippen molar-refractivity contribution in [3.63, 3.8) is 0 Å². The summed E-state index contributed by atoms with van der Waals surface area (Å²) in [6.07, 6.45) is 0.747. The number of carbonyl (C=O) groups excluding carboxylic acids is 1. The van der Waals surface area contributed by atoms with E-state index < -0.39 is 0 Å². The smallest absolute Gasteiger partial charge is 0.223 e. The number of aryl methyl sites for hydroxylation is 2. The molecule has 2 N–H and O–H groups in total. The Kier molecular flexibility index (Phi) is 5.34. The highest BCUT2D eigenvalue weighted by Gasteiger charge is 2.17. The molecule has 1 aromatic heterocycles. The Bertz CT molecular complexity index is 411. The minimum atomic E-state index is -0.0246. The second-order valence-electron chi connectivity index (χ2n) is 4.77. The van der Waals surface area contributed by atoms with Crippen LogP contribution < -0.4 is 10.6 Å². The largest absolute Gasteiger partial charge is 0.355 e. The second-order valence-corrected chi connectivity index (χ2v) is 4.77. The van der Waals surface area contributed by atoms with Crippen LogP contribution in [0.4, 0.5) is 0 Å². The van der Waals surface area contributed by atoms with E-state index in [9.17, 15) is 4.79 Å². The van der Waals surface area contributed by atoms with Crippen molar-refractivity contribution in [2.75, 3.05) is 20.1 Å². The molecule has 18 heavy (non-hydrogen) atoms. The molecule has 0 spiro atoms. The zero-order chi connectivity index (χ0) is 13.7. The number of likely N-dealkylation sites (N-methyl/N-ethyl adjacent to an activating group) is 1. The van der Waals surface area contributed by atoms with Gasteiger partial charge in [0.15, 0.2) is 0 Å². The molecule has 0 aliphatic rings. The zero-order valence-corrected chi connectivity index (χ0v) is 12.0. The van der Waals surface area contributed by atoms with Gasteiger partial charge < -0.3 is 10.6 Å². The van der Waals surface area contributed by atoms with Gasteiger partial charge in [-0.3, -0.25) is 9.48 Å². The Morgan fingerprint density at radius 2 is 2.06 bits per heavy atom. The Labute approximate surface area is 109 Å². The average molecular weight is 252 g/mol. The third kappa shape index (κ3) is 3.57. The summed E-state index contributed by atoms with van der Waals surface area (Å²) in [7, 11) is 3.81. The summed E-state index contributed by atoms with van der Waals surface area (Å²) in [6.45, 7) is 7.46. The predicted molar refractivity (Wildman–Crippen MR) is 72.5 cm³/mol.